The zero-order valence-corrected chi connectivity index (χ0v) is 18.5. The molecule has 0 atom stereocenters. The lowest BCUT2D eigenvalue weighted by atomic mass is 10.1. The standard InChI is InChI=1S/C22H26N6O2S/c1-22(2,29)15-30-18-10-19(21-17(11-23)13-26-28(21)14-18)16-4-5-20(25-12-16)27-6-8-31(3,24)9-7-27/h4-5,10,12-14,24,29H,3,6-9,15H2,1-2H3. The van der Waals surface area contributed by atoms with Crippen LogP contribution in [0, 0.1) is 16.1 Å². The zero-order chi connectivity index (χ0) is 22.2. The molecule has 4 rings (SSSR count). The van der Waals surface area contributed by atoms with Crippen LogP contribution in [0.2, 0.25) is 0 Å². The Bertz CT molecular complexity index is 1240. The average molecular weight is 439 g/mol. The lowest BCUT2D eigenvalue weighted by Crippen LogP contribution is -2.40. The van der Waals surface area contributed by atoms with Crippen molar-refractivity contribution in [1.82, 2.24) is 14.6 Å². The first kappa shape index (κ1) is 21.2. The molecular formula is C22H26N6O2S. The minimum absolute atomic E-state index is 0.127. The Labute approximate surface area is 182 Å². The van der Waals surface area contributed by atoms with E-state index in [1.165, 1.54) is 6.20 Å². The number of nitrogens with zero attached hydrogens (tertiary/aromatic N) is 5. The molecule has 0 unspecified atom stereocenters. The van der Waals surface area contributed by atoms with Gasteiger partial charge in [-0.05, 0) is 32.0 Å². The molecule has 9 heteroatoms. The van der Waals surface area contributed by atoms with E-state index in [4.69, 9.17) is 9.52 Å². The molecule has 8 nitrogen and oxygen atoms in total. The number of hydrogen-bond acceptors (Lipinski definition) is 7. The van der Waals surface area contributed by atoms with Gasteiger partial charge in [0.05, 0.1) is 29.1 Å². The third-order valence-electron chi connectivity index (χ3n) is 5.19. The highest BCUT2D eigenvalue weighted by Crippen LogP contribution is 2.31. The molecule has 1 aliphatic rings. The van der Waals surface area contributed by atoms with Crippen LogP contribution in [-0.4, -0.2) is 62.4 Å². The van der Waals surface area contributed by atoms with Gasteiger partial charge in [-0.25, -0.2) is 9.50 Å². The summed E-state index contributed by atoms with van der Waals surface area (Å²) in [4.78, 5) is 6.84. The second kappa shape index (κ2) is 7.87. The molecule has 0 saturated carbocycles. The molecule has 4 heterocycles. The molecule has 0 bridgehead atoms. The number of anilines is 1. The van der Waals surface area contributed by atoms with Crippen molar-refractivity contribution in [2.75, 3.05) is 36.1 Å². The van der Waals surface area contributed by atoms with Crippen molar-refractivity contribution < 1.29 is 9.84 Å². The number of ether oxygens (including phenoxy) is 1. The molecule has 1 saturated heterocycles. The number of hydrogen-bond donors (Lipinski definition) is 2. The fourth-order valence-corrected chi connectivity index (χ4v) is 4.83. The number of fused-ring (bicyclic) bond motifs is 1. The summed E-state index contributed by atoms with van der Waals surface area (Å²) in [5, 5.41) is 23.8. The smallest absolute Gasteiger partial charge is 0.138 e. The quantitative estimate of drug-likeness (QED) is 0.593. The van der Waals surface area contributed by atoms with Gasteiger partial charge in [0.15, 0.2) is 0 Å². The van der Waals surface area contributed by atoms with E-state index in [0.717, 1.165) is 41.5 Å². The Morgan fingerprint density at radius 3 is 2.68 bits per heavy atom. The van der Waals surface area contributed by atoms with E-state index in [1.54, 1.807) is 30.8 Å². The fraction of sp³-hybridized carbons (Fsp3) is 0.364. The first-order chi connectivity index (χ1) is 14.6. The molecule has 31 heavy (non-hydrogen) atoms. The third-order valence-corrected chi connectivity index (χ3v) is 7.11. The van der Waals surface area contributed by atoms with Crippen molar-refractivity contribution in [3.05, 3.63) is 42.4 Å². The van der Waals surface area contributed by atoms with Gasteiger partial charge in [0.25, 0.3) is 0 Å². The van der Waals surface area contributed by atoms with Crippen LogP contribution in [0.5, 0.6) is 5.75 Å². The van der Waals surface area contributed by atoms with E-state index >= 15 is 0 Å². The van der Waals surface area contributed by atoms with Crippen molar-refractivity contribution in [1.29, 1.82) is 10.0 Å². The minimum Gasteiger partial charge on any atom is -0.489 e. The third kappa shape index (κ3) is 4.65. The van der Waals surface area contributed by atoms with Gasteiger partial charge in [0, 0.05) is 41.9 Å². The van der Waals surface area contributed by atoms with Crippen molar-refractivity contribution in [3.63, 3.8) is 0 Å². The van der Waals surface area contributed by atoms with Gasteiger partial charge >= 0.3 is 0 Å². The van der Waals surface area contributed by atoms with E-state index in [9.17, 15) is 10.4 Å². The summed E-state index contributed by atoms with van der Waals surface area (Å²) in [5.74, 6) is 7.03. The van der Waals surface area contributed by atoms with E-state index in [-0.39, 0.29) is 6.61 Å². The second-order valence-electron chi connectivity index (χ2n) is 8.50. The van der Waals surface area contributed by atoms with Gasteiger partial charge in [-0.3, -0.25) is 4.78 Å². The van der Waals surface area contributed by atoms with Gasteiger partial charge in [-0.2, -0.15) is 10.4 Å². The maximum absolute atomic E-state index is 9.99. The monoisotopic (exact) mass is 438 g/mol. The summed E-state index contributed by atoms with van der Waals surface area (Å²) in [7, 11) is -1.46. The summed E-state index contributed by atoms with van der Waals surface area (Å²) < 4.78 is 15.6. The van der Waals surface area contributed by atoms with Crippen LogP contribution < -0.4 is 9.64 Å². The van der Waals surface area contributed by atoms with Gasteiger partial charge < -0.3 is 14.7 Å². The Hall–Kier alpha value is -3.09. The SMILES string of the molecule is C=S1(=N)CCN(c2ccc(-c3cc(OCC(C)(C)O)cn4ncc(C#N)c34)cn2)CC1. The van der Waals surface area contributed by atoms with Gasteiger partial charge in [0.2, 0.25) is 0 Å². The van der Waals surface area contributed by atoms with Crippen LogP contribution in [0.25, 0.3) is 16.6 Å². The molecule has 0 amide bonds. The molecule has 3 aromatic rings. The van der Waals surface area contributed by atoms with Crippen LogP contribution >= 0.6 is 0 Å². The Morgan fingerprint density at radius 1 is 1.32 bits per heavy atom. The number of nitrogens with one attached hydrogen (secondary N) is 1. The maximum Gasteiger partial charge on any atom is 0.138 e. The molecule has 3 aromatic heterocycles. The van der Waals surface area contributed by atoms with Crippen LogP contribution in [0.4, 0.5) is 5.82 Å². The molecule has 162 valence electrons. The molecule has 2 N–H and O–H groups in total. The summed E-state index contributed by atoms with van der Waals surface area (Å²) in [6, 6.07) is 7.98. The van der Waals surface area contributed by atoms with Crippen molar-refractivity contribution in [2.24, 2.45) is 0 Å². The molecule has 1 aliphatic heterocycles. The van der Waals surface area contributed by atoms with Gasteiger partial charge in [-0.1, -0.05) is 5.87 Å². The first-order valence-corrected chi connectivity index (χ1v) is 12.1. The highest BCUT2D eigenvalue weighted by molar-refractivity contribution is 8.01. The average Bonchev–Trinajstić information content (AvgIpc) is 3.14. The predicted octanol–water partition coefficient (Wildman–Crippen LogP) is 2.59. The van der Waals surface area contributed by atoms with Crippen molar-refractivity contribution in [3.8, 4) is 22.9 Å². The van der Waals surface area contributed by atoms with Crippen LogP contribution in [0.1, 0.15) is 19.4 Å². The summed E-state index contributed by atoms with van der Waals surface area (Å²) in [5.41, 5.74) is 1.81. The van der Waals surface area contributed by atoms with E-state index in [0.29, 0.717) is 16.8 Å². The number of pyridine rings is 2. The number of aliphatic hydroxyl groups is 1. The topological polar surface area (TPSA) is 111 Å². The van der Waals surface area contributed by atoms with E-state index < -0.39 is 15.0 Å². The van der Waals surface area contributed by atoms with Gasteiger partial charge in [-0.15, -0.1) is 9.41 Å². The van der Waals surface area contributed by atoms with Crippen molar-refractivity contribution in [2.45, 2.75) is 19.4 Å². The number of rotatable bonds is 5. The summed E-state index contributed by atoms with van der Waals surface area (Å²) >= 11 is 0. The predicted molar refractivity (Wildman–Crippen MR) is 124 cm³/mol. The van der Waals surface area contributed by atoms with E-state index in [2.05, 4.69) is 26.9 Å². The first-order valence-electron chi connectivity index (χ1n) is 10.00. The molecular weight excluding hydrogens is 412 g/mol. The minimum atomic E-state index is -1.46. The highest BCUT2D eigenvalue weighted by Gasteiger charge is 2.19. The highest BCUT2D eigenvalue weighted by atomic mass is 32.2. The van der Waals surface area contributed by atoms with Crippen LogP contribution in [0.3, 0.4) is 0 Å². The molecule has 0 radical (unpaired) electrons. The Morgan fingerprint density at radius 2 is 2.06 bits per heavy atom. The fourth-order valence-electron chi connectivity index (χ4n) is 3.48. The molecule has 0 aromatic carbocycles. The number of nitriles is 1. The van der Waals surface area contributed by atoms with Crippen molar-refractivity contribution >= 4 is 26.6 Å². The second-order valence-corrected chi connectivity index (χ2v) is 11.4. The summed E-state index contributed by atoms with van der Waals surface area (Å²) in [6.45, 7) is 5.07. The zero-order valence-electron chi connectivity index (χ0n) is 17.7. The lowest BCUT2D eigenvalue weighted by molar-refractivity contribution is 0.0283. The molecule has 0 aliphatic carbocycles. The Kier molecular flexibility index (Phi) is 5.37. The normalized spacial score (nSPS) is 16.3. The maximum atomic E-state index is 9.99. The molecule has 0 spiro atoms. The Balaban J connectivity index is 1.69. The summed E-state index contributed by atoms with van der Waals surface area (Å²) in [6.07, 6.45) is 5.02. The number of aromatic nitrogens is 3. The molecule has 1 fully saturated rings. The lowest BCUT2D eigenvalue weighted by Gasteiger charge is -2.31. The van der Waals surface area contributed by atoms with E-state index in [1.807, 2.05) is 18.2 Å². The van der Waals surface area contributed by atoms with Crippen LogP contribution in [-0.2, 0) is 9.41 Å². The van der Waals surface area contributed by atoms with Gasteiger partial charge in [0.1, 0.15) is 24.2 Å². The largest absolute Gasteiger partial charge is 0.489 e. The van der Waals surface area contributed by atoms with Crippen LogP contribution in [0.15, 0.2) is 36.8 Å².